The molecule has 0 aliphatic rings. The van der Waals surface area contributed by atoms with Crippen LogP contribution in [0.4, 0.5) is 10.5 Å². The zero-order valence-corrected chi connectivity index (χ0v) is 19.1. The first-order valence-electron chi connectivity index (χ1n) is 10.9. The van der Waals surface area contributed by atoms with Gasteiger partial charge in [0, 0.05) is 23.7 Å². The largest absolute Gasteiger partial charge is 0.334 e. The molecule has 6 nitrogen and oxygen atoms in total. The van der Waals surface area contributed by atoms with Gasteiger partial charge in [0.1, 0.15) is 5.82 Å². The van der Waals surface area contributed by atoms with E-state index in [4.69, 9.17) is 16.6 Å². The molecule has 0 radical (unpaired) electrons. The minimum Gasteiger partial charge on any atom is -0.334 e. The second-order valence-corrected chi connectivity index (χ2v) is 8.19. The maximum Gasteiger partial charge on any atom is 0.319 e. The molecule has 0 unspecified atom stereocenters. The van der Waals surface area contributed by atoms with Gasteiger partial charge in [0.15, 0.2) is 0 Å². The van der Waals surface area contributed by atoms with Crippen molar-refractivity contribution in [3.8, 4) is 0 Å². The van der Waals surface area contributed by atoms with E-state index in [0.717, 1.165) is 23.4 Å². The lowest BCUT2D eigenvalue weighted by Crippen LogP contribution is -2.28. The molecule has 0 spiro atoms. The average molecular weight is 461 g/mol. The summed E-state index contributed by atoms with van der Waals surface area (Å²) in [5, 5.41) is 6.68. The number of urea groups is 1. The third-order valence-corrected chi connectivity index (χ3v) is 5.72. The molecule has 0 atom stereocenters. The van der Waals surface area contributed by atoms with E-state index in [-0.39, 0.29) is 11.6 Å². The highest BCUT2D eigenvalue weighted by Gasteiger charge is 2.13. The van der Waals surface area contributed by atoms with Crippen LogP contribution in [-0.2, 0) is 19.5 Å². The van der Waals surface area contributed by atoms with Gasteiger partial charge < -0.3 is 10.6 Å². The monoisotopic (exact) mass is 460 g/mol. The second-order valence-electron chi connectivity index (χ2n) is 7.79. The molecule has 4 aromatic rings. The Morgan fingerprint density at radius 1 is 1.03 bits per heavy atom. The van der Waals surface area contributed by atoms with Gasteiger partial charge in [0.2, 0.25) is 0 Å². The Kier molecular flexibility index (Phi) is 7.05. The number of aryl methyl sites for hydroxylation is 1. The van der Waals surface area contributed by atoms with Gasteiger partial charge >= 0.3 is 6.03 Å². The first kappa shape index (κ1) is 22.6. The fraction of sp³-hybridized carbons (Fsp3) is 0.192. The fourth-order valence-electron chi connectivity index (χ4n) is 3.67. The van der Waals surface area contributed by atoms with Gasteiger partial charge in [-0.3, -0.25) is 9.36 Å². The van der Waals surface area contributed by atoms with Crippen molar-refractivity contribution in [3.63, 3.8) is 0 Å². The summed E-state index contributed by atoms with van der Waals surface area (Å²) in [4.78, 5) is 30.5. The fourth-order valence-corrected chi connectivity index (χ4v) is 3.87. The molecule has 0 aliphatic heterocycles. The van der Waals surface area contributed by atoms with Gasteiger partial charge in [0.25, 0.3) is 5.56 Å². The van der Waals surface area contributed by atoms with Gasteiger partial charge in [-0.1, -0.05) is 67.1 Å². The number of hydrogen-bond donors (Lipinski definition) is 2. The Hall–Kier alpha value is -3.64. The Morgan fingerprint density at radius 3 is 2.55 bits per heavy atom. The topological polar surface area (TPSA) is 76.0 Å². The van der Waals surface area contributed by atoms with Crippen LogP contribution in [0.5, 0.6) is 0 Å². The van der Waals surface area contributed by atoms with E-state index < -0.39 is 0 Å². The third-order valence-electron chi connectivity index (χ3n) is 5.35. The lowest BCUT2D eigenvalue weighted by atomic mass is 10.1. The first-order valence-corrected chi connectivity index (χ1v) is 11.3. The Labute approximate surface area is 197 Å². The van der Waals surface area contributed by atoms with Crippen LogP contribution in [-0.4, -0.2) is 15.6 Å². The number of carbonyl (C=O) groups excluding carboxylic acids is 1. The van der Waals surface area contributed by atoms with Crippen molar-refractivity contribution in [2.75, 3.05) is 5.32 Å². The number of halogens is 1. The van der Waals surface area contributed by atoms with Crippen LogP contribution >= 0.6 is 11.6 Å². The standard InChI is InChI=1S/C26H25ClN4O2/c1-2-8-24-30-23-14-13-20(29-26(33)28-16-18-9-4-3-5-10-18)15-21(23)25(32)31(24)17-19-11-6-7-12-22(19)27/h3-7,9-15H,2,8,16-17H2,1H3,(H2,28,29,33). The predicted octanol–water partition coefficient (Wildman–Crippen LogP) is 5.37. The molecule has 0 fully saturated rings. The molecule has 33 heavy (non-hydrogen) atoms. The minimum absolute atomic E-state index is 0.156. The number of anilines is 1. The Balaban J connectivity index is 1.61. The number of nitrogens with zero attached hydrogens (tertiary/aromatic N) is 2. The van der Waals surface area contributed by atoms with Crippen molar-refractivity contribution in [3.05, 3.63) is 105 Å². The number of hydrogen-bond acceptors (Lipinski definition) is 3. The summed E-state index contributed by atoms with van der Waals surface area (Å²) in [6.07, 6.45) is 1.54. The Bertz CT molecular complexity index is 1340. The molecule has 0 aliphatic carbocycles. The molecule has 7 heteroatoms. The zero-order valence-electron chi connectivity index (χ0n) is 18.3. The van der Waals surface area contributed by atoms with E-state index in [1.165, 1.54) is 0 Å². The summed E-state index contributed by atoms with van der Waals surface area (Å²) in [6, 6.07) is 22.0. The number of carbonyl (C=O) groups is 1. The van der Waals surface area contributed by atoms with Gasteiger partial charge in [-0.2, -0.15) is 0 Å². The van der Waals surface area contributed by atoms with E-state index in [9.17, 15) is 9.59 Å². The van der Waals surface area contributed by atoms with Crippen molar-refractivity contribution < 1.29 is 4.79 Å². The molecule has 0 saturated carbocycles. The summed E-state index contributed by atoms with van der Waals surface area (Å²) >= 11 is 6.34. The number of aromatic nitrogens is 2. The summed E-state index contributed by atoms with van der Waals surface area (Å²) < 4.78 is 1.67. The number of rotatable bonds is 7. The van der Waals surface area contributed by atoms with E-state index in [1.807, 2.05) is 54.6 Å². The third kappa shape index (κ3) is 5.41. The van der Waals surface area contributed by atoms with E-state index in [2.05, 4.69) is 17.6 Å². The smallest absolute Gasteiger partial charge is 0.319 e. The molecule has 3 aromatic carbocycles. The minimum atomic E-state index is -0.342. The van der Waals surface area contributed by atoms with Gasteiger partial charge in [0.05, 0.1) is 17.4 Å². The number of amides is 2. The molecular formula is C26H25ClN4O2. The lowest BCUT2D eigenvalue weighted by molar-refractivity contribution is 0.251. The number of benzene rings is 3. The van der Waals surface area contributed by atoms with Crippen LogP contribution in [0.1, 0.15) is 30.3 Å². The molecule has 0 saturated heterocycles. The highest BCUT2D eigenvalue weighted by molar-refractivity contribution is 6.31. The summed E-state index contributed by atoms with van der Waals surface area (Å²) in [7, 11) is 0. The normalized spacial score (nSPS) is 10.8. The van der Waals surface area contributed by atoms with Crippen LogP contribution in [0, 0.1) is 0 Å². The van der Waals surface area contributed by atoms with Crippen LogP contribution in [0.15, 0.2) is 77.6 Å². The molecule has 168 valence electrons. The quantitative estimate of drug-likeness (QED) is 0.389. The van der Waals surface area contributed by atoms with Gasteiger partial charge in [-0.15, -0.1) is 0 Å². The summed E-state index contributed by atoms with van der Waals surface area (Å²) in [5.41, 5.74) is 2.83. The summed E-state index contributed by atoms with van der Waals surface area (Å²) in [5.74, 6) is 0.719. The lowest BCUT2D eigenvalue weighted by Gasteiger charge is -2.15. The Morgan fingerprint density at radius 2 is 1.79 bits per heavy atom. The van der Waals surface area contributed by atoms with Gasteiger partial charge in [-0.05, 0) is 41.8 Å². The van der Waals surface area contributed by atoms with Crippen LogP contribution in [0.2, 0.25) is 5.02 Å². The summed E-state index contributed by atoms with van der Waals surface area (Å²) in [6.45, 7) is 2.80. The van der Waals surface area contributed by atoms with Crippen molar-refractivity contribution >= 4 is 34.2 Å². The molecule has 1 aromatic heterocycles. The molecule has 2 N–H and O–H groups in total. The predicted molar refractivity (Wildman–Crippen MR) is 133 cm³/mol. The highest BCUT2D eigenvalue weighted by Crippen LogP contribution is 2.19. The van der Waals surface area contributed by atoms with Crippen LogP contribution in [0.25, 0.3) is 10.9 Å². The second kappa shape index (κ2) is 10.3. The van der Waals surface area contributed by atoms with Gasteiger partial charge in [-0.25, -0.2) is 9.78 Å². The van der Waals surface area contributed by atoms with Crippen molar-refractivity contribution in [2.45, 2.75) is 32.9 Å². The number of nitrogens with one attached hydrogen (secondary N) is 2. The van der Waals surface area contributed by atoms with Crippen LogP contribution < -0.4 is 16.2 Å². The molecule has 1 heterocycles. The number of fused-ring (bicyclic) bond motifs is 1. The van der Waals surface area contributed by atoms with Crippen molar-refractivity contribution in [2.24, 2.45) is 0 Å². The zero-order chi connectivity index (χ0) is 23.2. The van der Waals surface area contributed by atoms with Crippen molar-refractivity contribution in [1.82, 2.24) is 14.9 Å². The molecular weight excluding hydrogens is 436 g/mol. The van der Waals surface area contributed by atoms with E-state index in [1.54, 1.807) is 22.8 Å². The molecule has 0 bridgehead atoms. The van der Waals surface area contributed by atoms with Crippen LogP contribution in [0.3, 0.4) is 0 Å². The SMILES string of the molecule is CCCc1nc2ccc(NC(=O)NCc3ccccc3)cc2c(=O)n1Cc1ccccc1Cl. The first-order chi connectivity index (χ1) is 16.0. The maximum atomic E-state index is 13.4. The molecule has 4 rings (SSSR count). The van der Waals surface area contributed by atoms with Crippen molar-refractivity contribution in [1.29, 1.82) is 0 Å². The van der Waals surface area contributed by atoms with E-state index in [0.29, 0.717) is 41.1 Å². The maximum absolute atomic E-state index is 13.4. The highest BCUT2D eigenvalue weighted by atomic mass is 35.5. The van der Waals surface area contributed by atoms with E-state index >= 15 is 0 Å². The average Bonchev–Trinajstić information content (AvgIpc) is 2.82. The molecule has 2 amide bonds.